The van der Waals surface area contributed by atoms with Crippen LogP contribution in [0.5, 0.6) is 0 Å². The number of rotatable bonds is 5. The van der Waals surface area contributed by atoms with Crippen LogP contribution in [0.25, 0.3) is 0 Å². The zero-order valence-electron chi connectivity index (χ0n) is 8.08. The molecule has 0 heterocycles. The summed E-state index contributed by atoms with van der Waals surface area (Å²) in [7, 11) is 0. The first-order chi connectivity index (χ1) is 7.17. The molecule has 0 unspecified atom stereocenters. The summed E-state index contributed by atoms with van der Waals surface area (Å²) in [5, 5.41) is 21.4. The van der Waals surface area contributed by atoms with Crippen LogP contribution in [0.3, 0.4) is 0 Å². The van der Waals surface area contributed by atoms with Crippen molar-refractivity contribution >= 4 is 27.5 Å². The molecule has 3 N–H and O–H groups in total. The fourth-order valence-corrected chi connectivity index (χ4v) is 1.93. The molecule has 3 nitrogen and oxygen atoms in total. The molecule has 0 aliphatic rings. The molecule has 0 spiro atoms. The number of halogens is 2. The van der Waals surface area contributed by atoms with E-state index in [1.54, 1.807) is 6.07 Å². The molecular formula is C10H13BrClNO2. The average molecular weight is 295 g/mol. The molecule has 15 heavy (non-hydrogen) atoms. The fourth-order valence-electron chi connectivity index (χ4n) is 1.11. The van der Waals surface area contributed by atoms with Gasteiger partial charge in [-0.1, -0.05) is 33.6 Å². The quantitative estimate of drug-likeness (QED) is 0.772. The van der Waals surface area contributed by atoms with Gasteiger partial charge in [-0.15, -0.1) is 0 Å². The predicted molar refractivity (Wildman–Crippen MR) is 64.0 cm³/mol. The third-order valence-corrected chi connectivity index (χ3v) is 3.01. The summed E-state index contributed by atoms with van der Waals surface area (Å²) in [6, 6.07) is 5.22. The minimum atomic E-state index is -0.285. The standard InChI is InChI=1S/C10H13BrClNO2/c11-10-3-8(12)2-1-7(10)4-13-9(5-14)6-15/h1-3,9,13-15H,4-6H2. The molecule has 0 bridgehead atoms. The van der Waals surface area contributed by atoms with E-state index >= 15 is 0 Å². The molecule has 0 aliphatic carbocycles. The Hall–Kier alpha value is -0.130. The maximum Gasteiger partial charge on any atom is 0.0607 e. The van der Waals surface area contributed by atoms with Crippen LogP contribution in [0, 0.1) is 0 Å². The predicted octanol–water partition coefficient (Wildman–Crippen LogP) is 1.55. The molecule has 84 valence electrons. The minimum Gasteiger partial charge on any atom is -0.395 e. The van der Waals surface area contributed by atoms with Crippen molar-refractivity contribution in [3.05, 3.63) is 33.3 Å². The first kappa shape index (κ1) is 12.9. The van der Waals surface area contributed by atoms with Gasteiger partial charge in [0.1, 0.15) is 0 Å². The molecule has 1 aromatic carbocycles. The van der Waals surface area contributed by atoms with E-state index in [9.17, 15) is 0 Å². The Kier molecular flexibility index (Phi) is 5.56. The molecule has 5 heteroatoms. The zero-order chi connectivity index (χ0) is 11.3. The molecule has 0 aliphatic heterocycles. The molecule has 1 rings (SSSR count). The van der Waals surface area contributed by atoms with Crippen molar-refractivity contribution < 1.29 is 10.2 Å². The largest absolute Gasteiger partial charge is 0.395 e. The van der Waals surface area contributed by atoms with E-state index in [0.29, 0.717) is 11.6 Å². The van der Waals surface area contributed by atoms with Gasteiger partial charge in [0.25, 0.3) is 0 Å². The van der Waals surface area contributed by atoms with E-state index < -0.39 is 0 Å². The smallest absolute Gasteiger partial charge is 0.0607 e. The number of hydrogen-bond donors (Lipinski definition) is 3. The Labute approximate surface area is 102 Å². The lowest BCUT2D eigenvalue weighted by atomic mass is 10.2. The number of aliphatic hydroxyl groups is 2. The van der Waals surface area contributed by atoms with E-state index in [1.165, 1.54) is 0 Å². The van der Waals surface area contributed by atoms with E-state index in [1.807, 2.05) is 12.1 Å². The lowest BCUT2D eigenvalue weighted by Crippen LogP contribution is -2.35. The van der Waals surface area contributed by atoms with Gasteiger partial charge >= 0.3 is 0 Å². The summed E-state index contributed by atoms with van der Waals surface area (Å²) in [4.78, 5) is 0. The first-order valence-electron chi connectivity index (χ1n) is 4.56. The van der Waals surface area contributed by atoms with Crippen molar-refractivity contribution in [3.8, 4) is 0 Å². The van der Waals surface area contributed by atoms with Crippen molar-refractivity contribution in [1.29, 1.82) is 0 Å². The van der Waals surface area contributed by atoms with Crippen molar-refractivity contribution in [2.45, 2.75) is 12.6 Å². The third-order valence-electron chi connectivity index (χ3n) is 2.04. The number of benzene rings is 1. The van der Waals surface area contributed by atoms with Gasteiger partial charge in [-0.2, -0.15) is 0 Å². The monoisotopic (exact) mass is 293 g/mol. The Balaban J connectivity index is 2.57. The lowest BCUT2D eigenvalue weighted by Gasteiger charge is -2.14. The van der Waals surface area contributed by atoms with Crippen molar-refractivity contribution in [3.63, 3.8) is 0 Å². The number of hydrogen-bond acceptors (Lipinski definition) is 3. The molecule has 0 atom stereocenters. The third kappa shape index (κ3) is 4.09. The maximum absolute atomic E-state index is 8.86. The van der Waals surface area contributed by atoms with Crippen molar-refractivity contribution in [2.24, 2.45) is 0 Å². The van der Waals surface area contributed by atoms with Gasteiger partial charge in [-0.3, -0.25) is 0 Å². The molecule has 0 saturated carbocycles. The Bertz CT molecular complexity index is 318. The second kappa shape index (κ2) is 6.45. The van der Waals surface area contributed by atoms with Gasteiger partial charge in [0, 0.05) is 16.0 Å². The minimum absolute atomic E-state index is 0.0816. The van der Waals surface area contributed by atoms with Crippen LogP contribution in [0.15, 0.2) is 22.7 Å². The van der Waals surface area contributed by atoms with Crippen LogP contribution in [0.1, 0.15) is 5.56 Å². The van der Waals surface area contributed by atoms with Crippen LogP contribution in [-0.4, -0.2) is 29.5 Å². The number of aliphatic hydroxyl groups excluding tert-OH is 2. The van der Waals surface area contributed by atoms with Crippen LogP contribution in [0.4, 0.5) is 0 Å². The maximum atomic E-state index is 8.86. The van der Waals surface area contributed by atoms with E-state index in [-0.39, 0.29) is 19.3 Å². The van der Waals surface area contributed by atoms with Crippen LogP contribution >= 0.6 is 27.5 Å². The fraction of sp³-hybridized carbons (Fsp3) is 0.400. The SMILES string of the molecule is OCC(CO)NCc1ccc(Cl)cc1Br. The topological polar surface area (TPSA) is 52.5 Å². The first-order valence-corrected chi connectivity index (χ1v) is 5.73. The highest BCUT2D eigenvalue weighted by Crippen LogP contribution is 2.21. The summed E-state index contributed by atoms with van der Waals surface area (Å²) in [5.41, 5.74) is 1.03. The van der Waals surface area contributed by atoms with Gasteiger partial charge in [0.05, 0.1) is 19.3 Å². The summed E-state index contributed by atoms with van der Waals surface area (Å²) in [6.07, 6.45) is 0. The molecule has 0 radical (unpaired) electrons. The highest BCUT2D eigenvalue weighted by atomic mass is 79.9. The normalized spacial score (nSPS) is 11.0. The van der Waals surface area contributed by atoms with E-state index in [4.69, 9.17) is 21.8 Å². The summed E-state index contributed by atoms with van der Waals surface area (Å²) in [6.45, 7) is 0.410. The Morgan fingerprint density at radius 1 is 1.33 bits per heavy atom. The molecule has 0 fully saturated rings. The van der Waals surface area contributed by atoms with Gasteiger partial charge in [0.15, 0.2) is 0 Å². The van der Waals surface area contributed by atoms with Crippen LogP contribution in [-0.2, 0) is 6.54 Å². The highest BCUT2D eigenvalue weighted by Gasteiger charge is 2.06. The zero-order valence-corrected chi connectivity index (χ0v) is 10.4. The second-order valence-electron chi connectivity index (χ2n) is 3.18. The summed E-state index contributed by atoms with van der Waals surface area (Å²) >= 11 is 9.20. The van der Waals surface area contributed by atoms with Crippen LogP contribution < -0.4 is 5.32 Å². The van der Waals surface area contributed by atoms with Gasteiger partial charge < -0.3 is 15.5 Å². The van der Waals surface area contributed by atoms with E-state index in [0.717, 1.165) is 10.0 Å². The molecule has 0 amide bonds. The van der Waals surface area contributed by atoms with Crippen molar-refractivity contribution in [1.82, 2.24) is 5.32 Å². The molecule has 1 aromatic rings. The van der Waals surface area contributed by atoms with Crippen molar-refractivity contribution in [2.75, 3.05) is 13.2 Å². The molecular weight excluding hydrogens is 281 g/mol. The van der Waals surface area contributed by atoms with Crippen LogP contribution in [0.2, 0.25) is 5.02 Å². The molecule has 0 aromatic heterocycles. The average Bonchev–Trinajstić information content (AvgIpc) is 2.22. The Morgan fingerprint density at radius 3 is 2.53 bits per heavy atom. The van der Waals surface area contributed by atoms with Gasteiger partial charge in [0.2, 0.25) is 0 Å². The summed E-state index contributed by atoms with van der Waals surface area (Å²) in [5.74, 6) is 0. The lowest BCUT2D eigenvalue weighted by molar-refractivity contribution is 0.170. The highest BCUT2D eigenvalue weighted by molar-refractivity contribution is 9.10. The van der Waals surface area contributed by atoms with E-state index in [2.05, 4.69) is 21.2 Å². The molecule has 0 saturated heterocycles. The number of nitrogens with one attached hydrogen (secondary N) is 1. The summed E-state index contributed by atoms with van der Waals surface area (Å²) < 4.78 is 0.914. The van der Waals surface area contributed by atoms with Gasteiger partial charge in [-0.25, -0.2) is 0 Å². The second-order valence-corrected chi connectivity index (χ2v) is 4.47. The Morgan fingerprint density at radius 2 is 2.00 bits per heavy atom. The van der Waals surface area contributed by atoms with Gasteiger partial charge in [-0.05, 0) is 17.7 Å².